The molecular weight excluding hydrogens is 222 g/mol. The molecular formula is C12H9NO2S. The van der Waals surface area contributed by atoms with Crippen molar-refractivity contribution in [2.45, 2.75) is 0 Å². The SMILES string of the molecule is O=C(O)c1sccc1N=Cc1ccccc1. The molecule has 2 rings (SSSR count). The van der Waals surface area contributed by atoms with Crippen LogP contribution < -0.4 is 0 Å². The van der Waals surface area contributed by atoms with Gasteiger partial charge in [0.05, 0.1) is 5.69 Å². The summed E-state index contributed by atoms with van der Waals surface area (Å²) in [5.74, 6) is -0.935. The Kier molecular flexibility index (Phi) is 3.12. The fourth-order valence-electron chi connectivity index (χ4n) is 1.25. The van der Waals surface area contributed by atoms with Gasteiger partial charge in [-0.3, -0.25) is 4.99 Å². The van der Waals surface area contributed by atoms with Crippen molar-refractivity contribution in [3.05, 3.63) is 52.2 Å². The predicted molar refractivity (Wildman–Crippen MR) is 65.0 cm³/mol. The Morgan fingerprint density at radius 1 is 1.25 bits per heavy atom. The molecule has 0 radical (unpaired) electrons. The molecule has 0 unspecified atom stereocenters. The zero-order chi connectivity index (χ0) is 11.4. The Morgan fingerprint density at radius 3 is 2.69 bits per heavy atom. The largest absolute Gasteiger partial charge is 0.477 e. The van der Waals surface area contributed by atoms with Gasteiger partial charge in [0, 0.05) is 6.21 Å². The lowest BCUT2D eigenvalue weighted by atomic mass is 10.2. The van der Waals surface area contributed by atoms with Crippen molar-refractivity contribution in [2.24, 2.45) is 4.99 Å². The molecule has 1 aromatic carbocycles. The van der Waals surface area contributed by atoms with E-state index in [4.69, 9.17) is 5.11 Å². The summed E-state index contributed by atoms with van der Waals surface area (Å²) in [6.07, 6.45) is 1.66. The highest BCUT2D eigenvalue weighted by atomic mass is 32.1. The molecule has 0 saturated heterocycles. The summed E-state index contributed by atoms with van der Waals surface area (Å²) in [7, 11) is 0. The highest BCUT2D eigenvalue weighted by molar-refractivity contribution is 7.12. The molecule has 0 atom stereocenters. The van der Waals surface area contributed by atoms with Gasteiger partial charge < -0.3 is 5.11 Å². The third-order valence-corrected chi connectivity index (χ3v) is 2.88. The third-order valence-electron chi connectivity index (χ3n) is 1.99. The zero-order valence-corrected chi connectivity index (χ0v) is 9.15. The van der Waals surface area contributed by atoms with Gasteiger partial charge >= 0.3 is 5.97 Å². The van der Waals surface area contributed by atoms with Crippen molar-refractivity contribution < 1.29 is 9.90 Å². The Hall–Kier alpha value is -1.94. The summed E-state index contributed by atoms with van der Waals surface area (Å²) in [5.41, 5.74) is 1.45. The molecule has 0 bridgehead atoms. The number of carbonyl (C=O) groups is 1. The first-order valence-electron chi connectivity index (χ1n) is 4.67. The van der Waals surface area contributed by atoms with Gasteiger partial charge in [-0.25, -0.2) is 4.79 Å². The Balaban J connectivity index is 2.24. The number of benzene rings is 1. The molecule has 0 fully saturated rings. The van der Waals surface area contributed by atoms with Crippen molar-refractivity contribution in [3.63, 3.8) is 0 Å². The highest BCUT2D eigenvalue weighted by Crippen LogP contribution is 2.24. The Morgan fingerprint density at radius 2 is 2.00 bits per heavy atom. The molecule has 0 aliphatic heterocycles. The summed E-state index contributed by atoms with van der Waals surface area (Å²) in [6, 6.07) is 11.3. The van der Waals surface area contributed by atoms with Crippen molar-refractivity contribution in [2.75, 3.05) is 0 Å². The molecule has 3 nitrogen and oxygen atoms in total. The van der Waals surface area contributed by atoms with Gasteiger partial charge in [-0.05, 0) is 17.0 Å². The predicted octanol–water partition coefficient (Wildman–Crippen LogP) is 3.20. The minimum atomic E-state index is -0.935. The lowest BCUT2D eigenvalue weighted by Crippen LogP contribution is -1.91. The number of hydrogen-bond donors (Lipinski definition) is 1. The highest BCUT2D eigenvalue weighted by Gasteiger charge is 2.09. The summed E-state index contributed by atoms with van der Waals surface area (Å²) >= 11 is 1.18. The van der Waals surface area contributed by atoms with Crippen LogP contribution in [0.15, 0.2) is 46.8 Å². The van der Waals surface area contributed by atoms with Crippen LogP contribution in [0.5, 0.6) is 0 Å². The van der Waals surface area contributed by atoms with Crippen LogP contribution in [0.1, 0.15) is 15.2 Å². The van der Waals surface area contributed by atoms with Crippen LogP contribution in [-0.2, 0) is 0 Å². The maximum absolute atomic E-state index is 10.8. The van der Waals surface area contributed by atoms with E-state index in [0.29, 0.717) is 5.69 Å². The molecule has 16 heavy (non-hydrogen) atoms. The van der Waals surface area contributed by atoms with E-state index < -0.39 is 5.97 Å². The smallest absolute Gasteiger partial charge is 0.348 e. The molecule has 0 saturated carbocycles. The maximum Gasteiger partial charge on any atom is 0.348 e. The monoisotopic (exact) mass is 231 g/mol. The minimum Gasteiger partial charge on any atom is -0.477 e. The normalized spacial score (nSPS) is 10.8. The summed E-state index contributed by atoms with van der Waals surface area (Å²) in [4.78, 5) is 15.3. The van der Waals surface area contributed by atoms with Gasteiger partial charge in [-0.2, -0.15) is 0 Å². The molecule has 1 N–H and O–H groups in total. The van der Waals surface area contributed by atoms with E-state index in [2.05, 4.69) is 4.99 Å². The fourth-order valence-corrected chi connectivity index (χ4v) is 1.92. The topological polar surface area (TPSA) is 49.7 Å². The molecule has 0 aliphatic carbocycles. The molecule has 80 valence electrons. The zero-order valence-electron chi connectivity index (χ0n) is 8.33. The Bertz CT molecular complexity index is 517. The molecule has 4 heteroatoms. The quantitative estimate of drug-likeness (QED) is 0.825. The summed E-state index contributed by atoms with van der Waals surface area (Å²) in [6.45, 7) is 0. The molecule has 0 spiro atoms. The van der Waals surface area contributed by atoms with Crippen LogP contribution in [0.4, 0.5) is 5.69 Å². The van der Waals surface area contributed by atoms with Gasteiger partial charge in [-0.1, -0.05) is 30.3 Å². The molecule has 2 aromatic rings. The van der Waals surface area contributed by atoms with Crippen molar-refractivity contribution in [1.29, 1.82) is 0 Å². The average molecular weight is 231 g/mol. The first-order chi connectivity index (χ1) is 7.77. The number of carboxylic acids is 1. The van der Waals surface area contributed by atoms with Crippen LogP contribution in [0.2, 0.25) is 0 Å². The van der Waals surface area contributed by atoms with E-state index in [1.807, 2.05) is 30.3 Å². The lowest BCUT2D eigenvalue weighted by Gasteiger charge is -1.92. The number of aromatic carboxylic acids is 1. The second kappa shape index (κ2) is 4.72. The standard InChI is InChI=1S/C12H9NO2S/c14-12(15)11-10(6-7-16-11)13-8-9-4-2-1-3-5-9/h1-8H,(H,14,15). The maximum atomic E-state index is 10.8. The summed E-state index contributed by atoms with van der Waals surface area (Å²) < 4.78 is 0. The van der Waals surface area contributed by atoms with Gasteiger partial charge in [0.2, 0.25) is 0 Å². The van der Waals surface area contributed by atoms with E-state index in [1.165, 1.54) is 11.3 Å². The van der Waals surface area contributed by atoms with E-state index >= 15 is 0 Å². The van der Waals surface area contributed by atoms with E-state index in [-0.39, 0.29) is 4.88 Å². The van der Waals surface area contributed by atoms with Gasteiger partial charge in [0.15, 0.2) is 0 Å². The van der Waals surface area contributed by atoms with Gasteiger partial charge in [0.1, 0.15) is 4.88 Å². The van der Waals surface area contributed by atoms with Gasteiger partial charge in [-0.15, -0.1) is 11.3 Å². The Labute approximate surface area is 96.7 Å². The first-order valence-corrected chi connectivity index (χ1v) is 5.55. The second-order valence-electron chi connectivity index (χ2n) is 3.11. The molecule has 0 aliphatic rings. The van der Waals surface area contributed by atoms with Crippen LogP contribution in [0.3, 0.4) is 0 Å². The number of nitrogens with zero attached hydrogens (tertiary/aromatic N) is 1. The van der Waals surface area contributed by atoms with E-state index in [9.17, 15) is 4.79 Å². The summed E-state index contributed by atoms with van der Waals surface area (Å²) in [5, 5.41) is 10.6. The van der Waals surface area contributed by atoms with Crippen molar-refractivity contribution in [3.8, 4) is 0 Å². The minimum absolute atomic E-state index is 0.271. The first kappa shape index (κ1) is 10.6. The van der Waals surface area contributed by atoms with Crippen LogP contribution >= 0.6 is 11.3 Å². The third kappa shape index (κ3) is 2.35. The second-order valence-corrected chi connectivity index (χ2v) is 4.03. The molecule has 1 heterocycles. The number of rotatable bonds is 3. The van der Waals surface area contributed by atoms with Crippen LogP contribution in [0, 0.1) is 0 Å². The van der Waals surface area contributed by atoms with Crippen molar-refractivity contribution >= 4 is 29.2 Å². The van der Waals surface area contributed by atoms with Gasteiger partial charge in [0.25, 0.3) is 0 Å². The molecule has 0 amide bonds. The number of carboxylic acid groups (broad SMARTS) is 1. The molecule has 1 aromatic heterocycles. The number of aliphatic imine (C=N–C) groups is 1. The van der Waals surface area contributed by atoms with Crippen LogP contribution in [-0.4, -0.2) is 17.3 Å². The van der Waals surface area contributed by atoms with Crippen LogP contribution in [0.25, 0.3) is 0 Å². The number of hydrogen-bond acceptors (Lipinski definition) is 3. The lowest BCUT2D eigenvalue weighted by molar-refractivity contribution is 0.0703. The average Bonchev–Trinajstić information content (AvgIpc) is 2.76. The van der Waals surface area contributed by atoms with E-state index in [0.717, 1.165) is 5.56 Å². The van der Waals surface area contributed by atoms with Crippen molar-refractivity contribution in [1.82, 2.24) is 0 Å². The van der Waals surface area contributed by atoms with E-state index in [1.54, 1.807) is 17.7 Å². The number of thiophene rings is 1. The fraction of sp³-hybridized carbons (Fsp3) is 0.